The van der Waals surface area contributed by atoms with E-state index in [-0.39, 0.29) is 11.9 Å². The molecule has 1 aliphatic carbocycles. The lowest BCUT2D eigenvalue weighted by Crippen LogP contribution is -2.47. The predicted octanol–water partition coefficient (Wildman–Crippen LogP) is 7.07. The van der Waals surface area contributed by atoms with Gasteiger partial charge in [0.25, 0.3) is 0 Å². The van der Waals surface area contributed by atoms with E-state index < -0.39 is 0 Å². The molecular weight excluding hydrogens is 483 g/mol. The lowest BCUT2D eigenvalue weighted by Gasteiger charge is -2.40. The van der Waals surface area contributed by atoms with Crippen LogP contribution in [0.1, 0.15) is 90.5 Å². The molecule has 3 rings (SSSR count). The molecule has 5 nitrogen and oxygen atoms in total. The van der Waals surface area contributed by atoms with Crippen molar-refractivity contribution in [1.82, 2.24) is 10.2 Å². The number of amides is 1. The second kappa shape index (κ2) is 18.9. The monoisotopic (exact) mass is 528 g/mol. The van der Waals surface area contributed by atoms with Gasteiger partial charge in [-0.25, -0.2) is 0 Å². The Labute approximate surface area is 223 Å². The van der Waals surface area contributed by atoms with Crippen LogP contribution in [0.15, 0.2) is 18.2 Å². The highest BCUT2D eigenvalue weighted by Crippen LogP contribution is 2.33. The Balaban J connectivity index is 0.000000507. The summed E-state index contributed by atoms with van der Waals surface area (Å²) in [5, 5.41) is 4.28. The summed E-state index contributed by atoms with van der Waals surface area (Å²) in [6, 6.07) is 5.92. The molecule has 1 heterocycles. The van der Waals surface area contributed by atoms with Crippen LogP contribution < -0.4 is 5.32 Å². The molecule has 1 aliphatic heterocycles. The third-order valence-electron chi connectivity index (χ3n) is 6.57. The van der Waals surface area contributed by atoms with E-state index in [9.17, 15) is 9.59 Å². The molecule has 1 amide bonds. The first-order valence-corrected chi connectivity index (χ1v) is 14.1. The van der Waals surface area contributed by atoms with Crippen molar-refractivity contribution in [3.05, 3.63) is 33.8 Å². The maximum absolute atomic E-state index is 13.1. The Kier molecular flexibility index (Phi) is 17.1. The summed E-state index contributed by atoms with van der Waals surface area (Å²) in [7, 11) is 1.35. The summed E-state index contributed by atoms with van der Waals surface area (Å²) in [5.41, 5.74) is 0.946. The fourth-order valence-corrected chi connectivity index (χ4v) is 4.99. The van der Waals surface area contributed by atoms with Crippen molar-refractivity contribution in [2.24, 2.45) is 5.92 Å². The third kappa shape index (κ3) is 13.0. The number of carbonyl (C=O) groups excluding carboxylic acids is 2. The second-order valence-electron chi connectivity index (χ2n) is 9.42. The first-order chi connectivity index (χ1) is 16.8. The fourth-order valence-electron chi connectivity index (χ4n) is 4.67. The minimum absolute atomic E-state index is 0.230. The third-order valence-corrected chi connectivity index (χ3v) is 7.31. The van der Waals surface area contributed by atoms with Crippen molar-refractivity contribution in [3.8, 4) is 0 Å². The predicted molar refractivity (Wildman–Crippen MR) is 147 cm³/mol. The molecule has 1 saturated heterocycles. The molecule has 1 aromatic carbocycles. The van der Waals surface area contributed by atoms with Crippen LogP contribution in [-0.2, 0) is 20.7 Å². The molecule has 0 spiro atoms. The van der Waals surface area contributed by atoms with E-state index in [1.165, 1.54) is 78.5 Å². The normalized spacial score (nSPS) is 19.0. The SMILES string of the molecule is C1CCNC1.CCCCC1CCCCC1N(CCC)C(=O)Cc1ccc(Cl)c(Cl)c1.COC(C)=O. The van der Waals surface area contributed by atoms with Crippen molar-refractivity contribution >= 4 is 35.1 Å². The zero-order valence-electron chi connectivity index (χ0n) is 22.2. The average Bonchev–Trinajstić information content (AvgIpc) is 3.44. The number of halogens is 2. The van der Waals surface area contributed by atoms with Crippen LogP contribution >= 0.6 is 23.2 Å². The Morgan fingerprint density at radius 1 is 1.03 bits per heavy atom. The number of hydrogen-bond acceptors (Lipinski definition) is 4. The van der Waals surface area contributed by atoms with Crippen LogP contribution in [0.4, 0.5) is 0 Å². The quantitative estimate of drug-likeness (QED) is 0.366. The lowest BCUT2D eigenvalue weighted by atomic mass is 9.80. The summed E-state index contributed by atoms with van der Waals surface area (Å²) < 4.78 is 4.11. The van der Waals surface area contributed by atoms with Gasteiger partial charge in [0.2, 0.25) is 5.91 Å². The summed E-state index contributed by atoms with van der Waals surface area (Å²) >= 11 is 12.1. The van der Waals surface area contributed by atoms with Gasteiger partial charge < -0.3 is 15.0 Å². The molecule has 0 radical (unpaired) electrons. The van der Waals surface area contributed by atoms with Gasteiger partial charge in [-0.2, -0.15) is 0 Å². The summed E-state index contributed by atoms with van der Waals surface area (Å²) in [5.74, 6) is 0.650. The number of methoxy groups -OCH3 is 1. The van der Waals surface area contributed by atoms with Gasteiger partial charge in [0, 0.05) is 19.5 Å². The van der Waals surface area contributed by atoms with Crippen LogP contribution in [0.25, 0.3) is 0 Å². The van der Waals surface area contributed by atoms with Gasteiger partial charge in [0.05, 0.1) is 23.6 Å². The summed E-state index contributed by atoms with van der Waals surface area (Å²) in [4.78, 5) is 24.8. The van der Waals surface area contributed by atoms with E-state index in [0.717, 1.165) is 24.9 Å². The van der Waals surface area contributed by atoms with Gasteiger partial charge in [0.15, 0.2) is 0 Å². The van der Waals surface area contributed by atoms with E-state index in [1.54, 1.807) is 6.07 Å². The summed E-state index contributed by atoms with van der Waals surface area (Å²) in [6.07, 6.45) is 12.9. The maximum Gasteiger partial charge on any atom is 0.302 e. The molecule has 0 bridgehead atoms. The Morgan fingerprint density at radius 2 is 1.69 bits per heavy atom. The van der Waals surface area contributed by atoms with Crippen LogP contribution in [0.3, 0.4) is 0 Å². The molecular formula is C28H46Cl2N2O3. The van der Waals surface area contributed by atoms with Crippen LogP contribution in [0.5, 0.6) is 0 Å². The average molecular weight is 530 g/mol. The van der Waals surface area contributed by atoms with Crippen LogP contribution in [-0.4, -0.2) is 49.6 Å². The van der Waals surface area contributed by atoms with Gasteiger partial charge in [-0.15, -0.1) is 0 Å². The molecule has 1 saturated carbocycles. The van der Waals surface area contributed by atoms with Gasteiger partial charge in [0.1, 0.15) is 0 Å². The Bertz CT molecular complexity index is 733. The van der Waals surface area contributed by atoms with E-state index >= 15 is 0 Å². The number of ether oxygens (including phenoxy) is 1. The number of nitrogens with zero attached hydrogens (tertiary/aromatic N) is 1. The highest BCUT2D eigenvalue weighted by Gasteiger charge is 2.32. The molecule has 2 aliphatic rings. The molecule has 2 atom stereocenters. The van der Waals surface area contributed by atoms with Gasteiger partial charge in [-0.1, -0.05) is 68.8 Å². The number of unbranched alkanes of at least 4 members (excludes halogenated alkanes) is 1. The Morgan fingerprint density at radius 3 is 2.20 bits per heavy atom. The number of hydrogen-bond donors (Lipinski definition) is 1. The van der Waals surface area contributed by atoms with Crippen molar-refractivity contribution in [2.45, 2.75) is 97.4 Å². The molecule has 2 unspecified atom stereocenters. The highest BCUT2D eigenvalue weighted by atomic mass is 35.5. The molecule has 200 valence electrons. The fraction of sp³-hybridized carbons (Fsp3) is 0.714. The smallest absolute Gasteiger partial charge is 0.302 e. The topological polar surface area (TPSA) is 58.6 Å². The minimum Gasteiger partial charge on any atom is -0.469 e. The first-order valence-electron chi connectivity index (χ1n) is 13.3. The Hall–Kier alpha value is -1.30. The van der Waals surface area contributed by atoms with Crippen LogP contribution in [0.2, 0.25) is 10.0 Å². The largest absolute Gasteiger partial charge is 0.469 e. The number of nitrogens with one attached hydrogen (secondary N) is 1. The number of rotatable bonds is 8. The molecule has 1 N–H and O–H groups in total. The zero-order valence-corrected chi connectivity index (χ0v) is 23.7. The van der Waals surface area contributed by atoms with E-state index in [1.807, 2.05) is 12.1 Å². The molecule has 35 heavy (non-hydrogen) atoms. The van der Waals surface area contributed by atoms with Crippen molar-refractivity contribution in [3.63, 3.8) is 0 Å². The van der Waals surface area contributed by atoms with Crippen LogP contribution in [0, 0.1) is 5.92 Å². The van der Waals surface area contributed by atoms with Gasteiger partial charge in [-0.05, 0) is 75.2 Å². The number of carbonyl (C=O) groups is 2. The molecule has 2 fully saturated rings. The first kappa shape index (κ1) is 31.7. The second-order valence-corrected chi connectivity index (χ2v) is 10.2. The van der Waals surface area contributed by atoms with Crippen molar-refractivity contribution < 1.29 is 14.3 Å². The highest BCUT2D eigenvalue weighted by molar-refractivity contribution is 6.42. The number of benzene rings is 1. The van der Waals surface area contributed by atoms with Crippen molar-refractivity contribution in [1.29, 1.82) is 0 Å². The van der Waals surface area contributed by atoms with E-state index in [2.05, 4.69) is 28.8 Å². The lowest BCUT2D eigenvalue weighted by molar-refractivity contribution is -0.138. The van der Waals surface area contributed by atoms with E-state index in [4.69, 9.17) is 23.2 Å². The van der Waals surface area contributed by atoms with Crippen molar-refractivity contribution in [2.75, 3.05) is 26.7 Å². The zero-order chi connectivity index (χ0) is 26.1. The number of esters is 1. The summed E-state index contributed by atoms with van der Waals surface area (Å²) in [6.45, 7) is 9.12. The standard InChI is InChI=1S/C21H31Cl2NO.C4H9N.C3H6O2/c1-3-5-8-17-9-6-7-10-20(17)24(13-4-2)21(25)15-16-11-12-18(22)19(23)14-16;1-2-4-5-3-1;1-3(4)5-2/h11-12,14,17,20H,3-10,13,15H2,1-2H3;5H,1-4H2;1-2H3. The molecule has 1 aromatic rings. The van der Waals surface area contributed by atoms with E-state index in [0.29, 0.717) is 28.4 Å². The van der Waals surface area contributed by atoms with Gasteiger partial charge >= 0.3 is 5.97 Å². The van der Waals surface area contributed by atoms with Gasteiger partial charge in [-0.3, -0.25) is 9.59 Å². The maximum atomic E-state index is 13.1. The minimum atomic E-state index is -0.245. The molecule has 0 aromatic heterocycles. The molecule has 7 heteroatoms.